The average molecular weight is 431 g/mol. The number of aryl methyl sites for hydroxylation is 1. The van der Waals surface area contributed by atoms with Crippen LogP contribution in [0.1, 0.15) is 43.2 Å². The zero-order valence-electron chi connectivity index (χ0n) is 16.3. The minimum absolute atomic E-state index is 0.217. The zero-order valence-corrected chi connectivity index (χ0v) is 17.1. The van der Waals surface area contributed by atoms with Crippen molar-refractivity contribution < 1.29 is 18.0 Å². The molecule has 156 valence electrons. The summed E-state index contributed by atoms with van der Waals surface area (Å²) in [5, 5.41) is 6.63. The summed E-state index contributed by atoms with van der Waals surface area (Å²) in [5.41, 5.74) is 3.83. The van der Waals surface area contributed by atoms with E-state index in [-0.39, 0.29) is 5.91 Å². The highest BCUT2D eigenvalue weighted by Gasteiger charge is 2.30. The molecule has 0 unspecified atom stereocenters. The average Bonchev–Trinajstić information content (AvgIpc) is 3.06. The largest absolute Gasteiger partial charge is 0.416 e. The molecule has 1 aromatic heterocycles. The van der Waals surface area contributed by atoms with E-state index in [2.05, 4.69) is 15.6 Å². The van der Waals surface area contributed by atoms with Gasteiger partial charge in [0.2, 0.25) is 0 Å². The van der Waals surface area contributed by atoms with Gasteiger partial charge in [0.1, 0.15) is 0 Å². The second-order valence-electron chi connectivity index (χ2n) is 7.26. The van der Waals surface area contributed by atoms with Gasteiger partial charge in [0.15, 0.2) is 5.13 Å². The summed E-state index contributed by atoms with van der Waals surface area (Å²) < 4.78 is 38.2. The third kappa shape index (κ3) is 4.55. The minimum Gasteiger partial charge on any atom is -0.312 e. The molecule has 8 heteroatoms. The van der Waals surface area contributed by atoms with Gasteiger partial charge in [0, 0.05) is 23.4 Å². The summed E-state index contributed by atoms with van der Waals surface area (Å²) in [6.07, 6.45) is -2.99. The molecule has 3 aromatic rings. The van der Waals surface area contributed by atoms with Gasteiger partial charge in [0.05, 0.1) is 11.3 Å². The minimum atomic E-state index is -4.34. The van der Waals surface area contributed by atoms with Gasteiger partial charge in [-0.15, -0.1) is 11.3 Å². The number of aromatic nitrogens is 1. The fourth-order valence-corrected chi connectivity index (χ4v) is 4.42. The Bertz CT molecular complexity index is 1070. The Morgan fingerprint density at radius 2 is 1.93 bits per heavy atom. The van der Waals surface area contributed by atoms with E-state index in [1.165, 1.54) is 34.6 Å². The Labute approximate surface area is 176 Å². The molecule has 2 heterocycles. The number of anilines is 1. The molecule has 4 nitrogen and oxygen atoms in total. The van der Waals surface area contributed by atoms with Crippen molar-refractivity contribution in [3.63, 3.8) is 0 Å². The first-order valence-corrected chi connectivity index (χ1v) is 10.4. The van der Waals surface area contributed by atoms with Crippen LogP contribution in [0, 0.1) is 6.92 Å². The van der Waals surface area contributed by atoms with Gasteiger partial charge in [-0.2, -0.15) is 13.2 Å². The number of nitrogens with zero attached hydrogens (tertiary/aromatic N) is 1. The van der Waals surface area contributed by atoms with E-state index in [1.807, 2.05) is 25.1 Å². The van der Waals surface area contributed by atoms with Crippen molar-refractivity contribution in [2.45, 2.75) is 32.5 Å². The molecule has 0 spiro atoms. The summed E-state index contributed by atoms with van der Waals surface area (Å²) in [5.74, 6) is -0.217. The molecule has 0 saturated carbocycles. The Hall–Kier alpha value is -2.71. The highest BCUT2D eigenvalue weighted by atomic mass is 32.1. The van der Waals surface area contributed by atoms with Crippen LogP contribution in [-0.2, 0) is 25.6 Å². The van der Waals surface area contributed by atoms with Crippen LogP contribution in [0.5, 0.6) is 0 Å². The van der Waals surface area contributed by atoms with E-state index in [0.29, 0.717) is 17.1 Å². The van der Waals surface area contributed by atoms with E-state index in [4.69, 9.17) is 0 Å². The van der Waals surface area contributed by atoms with E-state index >= 15 is 0 Å². The fraction of sp³-hybridized carbons (Fsp3) is 0.273. The van der Waals surface area contributed by atoms with Crippen LogP contribution in [0.2, 0.25) is 0 Å². The lowest BCUT2D eigenvalue weighted by Crippen LogP contribution is -2.24. The molecule has 30 heavy (non-hydrogen) atoms. The van der Waals surface area contributed by atoms with Crippen molar-refractivity contribution in [1.29, 1.82) is 0 Å². The van der Waals surface area contributed by atoms with Gasteiger partial charge in [-0.1, -0.05) is 18.2 Å². The summed E-state index contributed by atoms with van der Waals surface area (Å²) in [6.45, 7) is 3.55. The second kappa shape index (κ2) is 8.20. The number of hydrogen-bond donors (Lipinski definition) is 2. The molecule has 1 aliphatic heterocycles. The maximum Gasteiger partial charge on any atom is 0.416 e. The molecule has 2 N–H and O–H groups in total. The maximum absolute atomic E-state index is 12.7. The predicted octanol–water partition coefficient (Wildman–Crippen LogP) is 4.96. The van der Waals surface area contributed by atoms with Crippen LogP contribution in [-0.4, -0.2) is 17.4 Å². The first kappa shape index (κ1) is 20.6. The third-order valence-corrected chi connectivity index (χ3v) is 6.19. The first-order valence-electron chi connectivity index (χ1n) is 9.56. The normalized spacial score (nSPS) is 13.7. The van der Waals surface area contributed by atoms with Crippen molar-refractivity contribution >= 4 is 22.4 Å². The number of nitrogens with one attached hydrogen (secondary N) is 2. The number of amides is 1. The van der Waals surface area contributed by atoms with Gasteiger partial charge in [-0.25, -0.2) is 4.98 Å². The number of halogens is 3. The van der Waals surface area contributed by atoms with Crippen LogP contribution in [0.3, 0.4) is 0 Å². The van der Waals surface area contributed by atoms with Crippen LogP contribution >= 0.6 is 11.3 Å². The lowest BCUT2D eigenvalue weighted by Gasteiger charge is -2.17. The van der Waals surface area contributed by atoms with Crippen molar-refractivity contribution in [1.82, 2.24) is 10.3 Å². The predicted molar refractivity (Wildman–Crippen MR) is 111 cm³/mol. The molecular weight excluding hydrogens is 411 g/mol. The number of hydrogen-bond acceptors (Lipinski definition) is 4. The van der Waals surface area contributed by atoms with Crippen molar-refractivity contribution in [3.8, 4) is 0 Å². The molecule has 4 rings (SSSR count). The van der Waals surface area contributed by atoms with Crippen LogP contribution in [0.4, 0.5) is 18.3 Å². The van der Waals surface area contributed by atoms with Gasteiger partial charge < -0.3 is 5.32 Å². The molecule has 0 fully saturated rings. The summed E-state index contributed by atoms with van der Waals surface area (Å²) in [6, 6.07) is 10.8. The number of alkyl halides is 3. The fourth-order valence-electron chi connectivity index (χ4n) is 3.43. The Morgan fingerprint density at radius 1 is 1.17 bits per heavy atom. The Morgan fingerprint density at radius 3 is 2.67 bits per heavy atom. The summed E-state index contributed by atoms with van der Waals surface area (Å²) in [7, 11) is 0. The lowest BCUT2D eigenvalue weighted by atomic mass is 9.98. The van der Waals surface area contributed by atoms with Gasteiger partial charge >= 0.3 is 6.18 Å². The second-order valence-corrected chi connectivity index (χ2v) is 8.35. The van der Waals surface area contributed by atoms with E-state index in [1.54, 1.807) is 0 Å². The Kier molecular flexibility index (Phi) is 5.62. The lowest BCUT2D eigenvalue weighted by molar-refractivity contribution is -0.137. The third-order valence-electron chi connectivity index (χ3n) is 5.11. The van der Waals surface area contributed by atoms with E-state index in [0.717, 1.165) is 47.8 Å². The molecule has 1 aliphatic rings. The molecule has 1 amide bonds. The highest BCUT2D eigenvalue weighted by molar-refractivity contribution is 7.15. The number of thiazole rings is 1. The van der Waals surface area contributed by atoms with E-state index in [9.17, 15) is 18.0 Å². The number of rotatable bonds is 4. The van der Waals surface area contributed by atoms with Crippen LogP contribution in [0.15, 0.2) is 42.5 Å². The van der Waals surface area contributed by atoms with Crippen molar-refractivity contribution in [2.24, 2.45) is 0 Å². The topological polar surface area (TPSA) is 54.0 Å². The molecule has 2 aromatic carbocycles. The Balaban J connectivity index is 1.45. The standard InChI is InChI=1S/C22H20F3N3OS/c1-13-19(10-14-2-6-18(7-3-14)22(23,24)25)30-21(27-13)28-20(29)16-4-5-17-12-26-9-8-15(17)11-16/h2-7,11,26H,8-10,12H2,1H3,(H,27,28,29). The maximum atomic E-state index is 12.7. The van der Waals surface area contributed by atoms with Crippen molar-refractivity contribution in [2.75, 3.05) is 11.9 Å². The molecule has 0 saturated heterocycles. The van der Waals surface area contributed by atoms with Gasteiger partial charge in [-0.3, -0.25) is 10.1 Å². The number of benzene rings is 2. The van der Waals surface area contributed by atoms with Crippen LogP contribution < -0.4 is 10.6 Å². The number of fused-ring (bicyclic) bond motifs is 1. The quantitative estimate of drug-likeness (QED) is 0.614. The van der Waals surface area contributed by atoms with Crippen LogP contribution in [0.25, 0.3) is 0 Å². The van der Waals surface area contributed by atoms with Crippen molar-refractivity contribution in [3.05, 3.63) is 80.9 Å². The highest BCUT2D eigenvalue weighted by Crippen LogP contribution is 2.30. The monoisotopic (exact) mass is 431 g/mol. The SMILES string of the molecule is Cc1nc(NC(=O)c2ccc3c(c2)CCNC3)sc1Cc1ccc(C(F)(F)F)cc1. The number of carbonyl (C=O) groups is 1. The zero-order chi connectivity index (χ0) is 21.3. The molecule has 0 bridgehead atoms. The van der Waals surface area contributed by atoms with Gasteiger partial charge in [0.25, 0.3) is 5.91 Å². The molecular formula is C22H20F3N3OS. The van der Waals surface area contributed by atoms with E-state index < -0.39 is 11.7 Å². The summed E-state index contributed by atoms with van der Waals surface area (Å²) >= 11 is 1.34. The molecule has 0 aliphatic carbocycles. The number of carbonyl (C=O) groups excluding carboxylic acids is 1. The smallest absolute Gasteiger partial charge is 0.312 e. The summed E-state index contributed by atoms with van der Waals surface area (Å²) in [4.78, 5) is 18.0. The molecule has 0 radical (unpaired) electrons. The first-order chi connectivity index (χ1) is 14.3. The van der Waals surface area contributed by atoms with Gasteiger partial charge in [-0.05, 0) is 60.8 Å². The molecule has 0 atom stereocenters.